The SMILES string of the molecule is COc1ccc(CCN2C(=O)c3cc(C4CC4)nn3CC2(C)C(=O)NC2CCCCCC2)c(OC)c1. The third kappa shape index (κ3) is 4.82. The lowest BCUT2D eigenvalue weighted by Crippen LogP contribution is -2.65. The van der Waals surface area contributed by atoms with Crippen LogP contribution in [0, 0.1) is 0 Å². The van der Waals surface area contributed by atoms with Crippen LogP contribution in [0.15, 0.2) is 24.3 Å². The van der Waals surface area contributed by atoms with Crippen LogP contribution in [0.3, 0.4) is 0 Å². The fourth-order valence-electron chi connectivity index (χ4n) is 5.65. The number of amides is 2. The average molecular weight is 495 g/mol. The van der Waals surface area contributed by atoms with E-state index in [2.05, 4.69) is 5.32 Å². The molecule has 2 amide bonds. The van der Waals surface area contributed by atoms with E-state index in [0.717, 1.165) is 49.8 Å². The number of carbonyl (C=O) groups is 2. The van der Waals surface area contributed by atoms with Gasteiger partial charge in [-0.1, -0.05) is 31.7 Å². The molecule has 1 aromatic heterocycles. The minimum Gasteiger partial charge on any atom is -0.497 e. The topological polar surface area (TPSA) is 85.7 Å². The number of carbonyl (C=O) groups excluding carboxylic acids is 2. The van der Waals surface area contributed by atoms with E-state index in [1.54, 1.807) is 23.8 Å². The van der Waals surface area contributed by atoms with Gasteiger partial charge in [0.05, 0.1) is 26.5 Å². The summed E-state index contributed by atoms with van der Waals surface area (Å²) in [6.45, 7) is 2.66. The molecule has 0 spiro atoms. The maximum absolute atomic E-state index is 13.9. The van der Waals surface area contributed by atoms with Crippen LogP contribution in [-0.2, 0) is 17.8 Å². The first-order chi connectivity index (χ1) is 17.4. The maximum atomic E-state index is 13.9. The Labute approximate surface area is 213 Å². The van der Waals surface area contributed by atoms with Crippen molar-refractivity contribution in [1.29, 1.82) is 0 Å². The molecule has 194 valence electrons. The van der Waals surface area contributed by atoms with Crippen molar-refractivity contribution in [2.45, 2.75) is 88.8 Å². The van der Waals surface area contributed by atoms with Gasteiger partial charge in [0, 0.05) is 24.6 Å². The van der Waals surface area contributed by atoms with Gasteiger partial charge >= 0.3 is 0 Å². The Bertz CT molecular complexity index is 1120. The molecular weight excluding hydrogens is 456 g/mol. The van der Waals surface area contributed by atoms with E-state index in [1.165, 1.54) is 12.8 Å². The first-order valence-corrected chi connectivity index (χ1v) is 13.3. The number of nitrogens with one attached hydrogen (secondary N) is 1. The molecular formula is C28H38N4O4. The van der Waals surface area contributed by atoms with Crippen molar-refractivity contribution in [1.82, 2.24) is 20.0 Å². The molecule has 0 radical (unpaired) electrons. The van der Waals surface area contributed by atoms with E-state index in [-0.39, 0.29) is 17.9 Å². The Morgan fingerprint density at radius 1 is 1.08 bits per heavy atom. The third-order valence-electron chi connectivity index (χ3n) is 8.09. The van der Waals surface area contributed by atoms with Gasteiger partial charge in [0.25, 0.3) is 5.91 Å². The number of fused-ring (bicyclic) bond motifs is 1. The van der Waals surface area contributed by atoms with Crippen molar-refractivity contribution in [3.8, 4) is 11.5 Å². The van der Waals surface area contributed by atoms with Gasteiger partial charge in [-0.05, 0) is 56.7 Å². The highest BCUT2D eigenvalue weighted by Crippen LogP contribution is 2.40. The van der Waals surface area contributed by atoms with Crippen LogP contribution < -0.4 is 14.8 Å². The molecule has 8 nitrogen and oxygen atoms in total. The Morgan fingerprint density at radius 3 is 2.50 bits per heavy atom. The second-order valence-corrected chi connectivity index (χ2v) is 10.7. The molecule has 5 rings (SSSR count). The predicted molar refractivity (Wildman–Crippen MR) is 137 cm³/mol. The van der Waals surface area contributed by atoms with Gasteiger partial charge in [-0.25, -0.2) is 0 Å². The molecule has 2 heterocycles. The van der Waals surface area contributed by atoms with Crippen molar-refractivity contribution >= 4 is 11.8 Å². The summed E-state index contributed by atoms with van der Waals surface area (Å²) < 4.78 is 12.7. The zero-order valence-corrected chi connectivity index (χ0v) is 21.7. The Balaban J connectivity index is 1.42. The molecule has 3 aliphatic rings. The lowest BCUT2D eigenvalue weighted by molar-refractivity contribution is -0.133. The summed E-state index contributed by atoms with van der Waals surface area (Å²) in [5, 5.41) is 8.07. The predicted octanol–water partition coefficient (Wildman–Crippen LogP) is 4.07. The van der Waals surface area contributed by atoms with Crippen molar-refractivity contribution in [3.05, 3.63) is 41.2 Å². The molecule has 1 N–H and O–H groups in total. The number of aromatic nitrogens is 2. The summed E-state index contributed by atoms with van der Waals surface area (Å²) in [6.07, 6.45) is 9.50. The molecule has 1 atom stereocenters. The second-order valence-electron chi connectivity index (χ2n) is 10.7. The van der Waals surface area contributed by atoms with Crippen LogP contribution in [0.1, 0.15) is 86.0 Å². The number of benzene rings is 1. The summed E-state index contributed by atoms with van der Waals surface area (Å²) in [5.41, 5.74) is 1.50. The third-order valence-corrected chi connectivity index (χ3v) is 8.09. The number of ether oxygens (including phenoxy) is 2. The van der Waals surface area contributed by atoms with E-state index in [4.69, 9.17) is 14.6 Å². The largest absolute Gasteiger partial charge is 0.497 e. The zero-order valence-electron chi connectivity index (χ0n) is 21.7. The zero-order chi connectivity index (χ0) is 25.3. The van der Waals surface area contributed by atoms with E-state index in [1.807, 2.05) is 31.2 Å². The van der Waals surface area contributed by atoms with Crippen LogP contribution in [0.4, 0.5) is 0 Å². The quantitative estimate of drug-likeness (QED) is 0.559. The average Bonchev–Trinajstić information content (AvgIpc) is 3.69. The number of hydrogen-bond acceptors (Lipinski definition) is 5. The number of nitrogens with zero attached hydrogens (tertiary/aromatic N) is 3. The first-order valence-electron chi connectivity index (χ1n) is 13.3. The van der Waals surface area contributed by atoms with E-state index >= 15 is 0 Å². The highest BCUT2D eigenvalue weighted by atomic mass is 16.5. The monoisotopic (exact) mass is 494 g/mol. The number of rotatable bonds is 8. The minimum atomic E-state index is -1.02. The lowest BCUT2D eigenvalue weighted by Gasteiger charge is -2.44. The van der Waals surface area contributed by atoms with E-state index in [9.17, 15) is 9.59 Å². The minimum absolute atomic E-state index is 0.0847. The highest BCUT2D eigenvalue weighted by molar-refractivity contribution is 5.99. The summed E-state index contributed by atoms with van der Waals surface area (Å²) in [7, 11) is 3.25. The van der Waals surface area contributed by atoms with Gasteiger partial charge in [0.15, 0.2) is 0 Å². The summed E-state index contributed by atoms with van der Waals surface area (Å²) in [5.74, 6) is 1.66. The van der Waals surface area contributed by atoms with Gasteiger partial charge in [0.1, 0.15) is 22.7 Å². The van der Waals surface area contributed by atoms with Crippen LogP contribution >= 0.6 is 0 Å². The van der Waals surface area contributed by atoms with Crippen molar-refractivity contribution < 1.29 is 19.1 Å². The molecule has 2 fully saturated rings. The molecule has 8 heteroatoms. The smallest absolute Gasteiger partial charge is 0.273 e. The van der Waals surface area contributed by atoms with Crippen LogP contribution in [0.5, 0.6) is 11.5 Å². The molecule has 1 unspecified atom stereocenters. The maximum Gasteiger partial charge on any atom is 0.273 e. The Kier molecular flexibility index (Phi) is 6.95. The summed E-state index contributed by atoms with van der Waals surface area (Å²) >= 11 is 0. The summed E-state index contributed by atoms with van der Waals surface area (Å²) in [6, 6.07) is 7.80. The highest BCUT2D eigenvalue weighted by Gasteiger charge is 2.48. The van der Waals surface area contributed by atoms with Crippen molar-refractivity contribution in [2.24, 2.45) is 0 Å². The Morgan fingerprint density at radius 2 is 1.83 bits per heavy atom. The van der Waals surface area contributed by atoms with Crippen LogP contribution in [-0.4, -0.2) is 58.8 Å². The molecule has 1 aromatic carbocycles. The van der Waals surface area contributed by atoms with Gasteiger partial charge in [-0.3, -0.25) is 14.3 Å². The summed E-state index contributed by atoms with van der Waals surface area (Å²) in [4.78, 5) is 29.5. The fourth-order valence-corrected chi connectivity index (χ4v) is 5.65. The van der Waals surface area contributed by atoms with Gasteiger partial charge in [-0.2, -0.15) is 5.10 Å². The van der Waals surface area contributed by atoms with E-state index < -0.39 is 5.54 Å². The standard InChI is InChI=1S/C28H38N4O4/c1-28(27(34)29-21-8-6-4-5-7-9-21)18-32-24(17-23(30-32)19-10-11-19)26(33)31(28)15-14-20-12-13-22(35-2)16-25(20)36-3/h12-13,16-17,19,21H,4-11,14-15,18H2,1-3H3,(H,29,34). The molecule has 2 aromatic rings. The molecule has 0 saturated heterocycles. The molecule has 2 aliphatic carbocycles. The first kappa shape index (κ1) is 24.7. The molecule has 2 saturated carbocycles. The van der Waals surface area contributed by atoms with Crippen LogP contribution in [0.25, 0.3) is 0 Å². The molecule has 36 heavy (non-hydrogen) atoms. The second kappa shape index (κ2) is 10.1. The normalized spacial score (nSPS) is 22.6. The van der Waals surface area contributed by atoms with Crippen molar-refractivity contribution in [3.63, 3.8) is 0 Å². The van der Waals surface area contributed by atoms with Gasteiger partial charge in [0.2, 0.25) is 5.91 Å². The number of hydrogen-bond donors (Lipinski definition) is 1. The molecule has 1 aliphatic heterocycles. The van der Waals surface area contributed by atoms with Gasteiger partial charge in [-0.15, -0.1) is 0 Å². The number of methoxy groups -OCH3 is 2. The van der Waals surface area contributed by atoms with Crippen LogP contribution in [0.2, 0.25) is 0 Å². The fraction of sp³-hybridized carbons (Fsp3) is 0.607. The van der Waals surface area contributed by atoms with E-state index in [0.29, 0.717) is 42.6 Å². The lowest BCUT2D eigenvalue weighted by atomic mass is 9.93. The Hall–Kier alpha value is -3.03. The van der Waals surface area contributed by atoms with Gasteiger partial charge < -0.3 is 19.7 Å². The van der Waals surface area contributed by atoms with Crippen molar-refractivity contribution in [2.75, 3.05) is 20.8 Å². The molecule has 0 bridgehead atoms.